The number of nitrogens with zero attached hydrogens (tertiary/aromatic N) is 2. The van der Waals surface area contributed by atoms with E-state index in [0.717, 1.165) is 0 Å². The predicted molar refractivity (Wildman–Crippen MR) is 74.4 cm³/mol. The second kappa shape index (κ2) is 6.01. The molecule has 20 heavy (non-hydrogen) atoms. The van der Waals surface area contributed by atoms with Gasteiger partial charge in [-0.2, -0.15) is 5.26 Å². The standard InChI is InChI=1S/C13H10ClN3O2S/c14-11-5-2-1-4-10(11)9-17-20(18,19)13-6-3-7-16-12(13)8-15/h1-7,17H,9H2. The molecule has 7 heteroatoms. The molecule has 2 aromatic rings. The summed E-state index contributed by atoms with van der Waals surface area (Å²) >= 11 is 5.96. The third-order valence-electron chi connectivity index (χ3n) is 2.58. The normalized spacial score (nSPS) is 11.0. The van der Waals surface area contributed by atoms with E-state index in [-0.39, 0.29) is 17.1 Å². The van der Waals surface area contributed by atoms with Gasteiger partial charge in [0.1, 0.15) is 11.0 Å². The van der Waals surface area contributed by atoms with Gasteiger partial charge in [-0.25, -0.2) is 18.1 Å². The fourth-order valence-electron chi connectivity index (χ4n) is 1.58. The number of hydrogen-bond acceptors (Lipinski definition) is 4. The van der Waals surface area contributed by atoms with Crippen molar-refractivity contribution in [3.8, 4) is 6.07 Å². The highest BCUT2D eigenvalue weighted by Gasteiger charge is 2.19. The molecule has 0 aliphatic heterocycles. The van der Waals surface area contributed by atoms with Gasteiger partial charge in [0.25, 0.3) is 0 Å². The molecule has 0 saturated heterocycles. The molecule has 0 bridgehead atoms. The summed E-state index contributed by atoms with van der Waals surface area (Å²) in [7, 11) is -3.81. The van der Waals surface area contributed by atoms with Gasteiger partial charge in [0.2, 0.25) is 10.0 Å². The van der Waals surface area contributed by atoms with Crippen LogP contribution in [0.2, 0.25) is 5.02 Å². The summed E-state index contributed by atoms with van der Waals surface area (Å²) in [4.78, 5) is 3.59. The molecule has 0 aliphatic rings. The molecule has 0 atom stereocenters. The van der Waals surface area contributed by atoms with Crippen LogP contribution >= 0.6 is 11.6 Å². The maximum absolute atomic E-state index is 12.2. The molecule has 0 fully saturated rings. The van der Waals surface area contributed by atoms with Gasteiger partial charge in [-0.15, -0.1) is 0 Å². The topological polar surface area (TPSA) is 82.8 Å². The molecule has 0 saturated carbocycles. The fraction of sp³-hybridized carbons (Fsp3) is 0.0769. The number of sulfonamides is 1. The number of nitriles is 1. The Kier molecular flexibility index (Phi) is 4.35. The SMILES string of the molecule is N#Cc1ncccc1S(=O)(=O)NCc1ccccc1Cl. The molecule has 0 unspecified atom stereocenters. The molecule has 0 spiro atoms. The van der Waals surface area contributed by atoms with Crippen LogP contribution in [-0.2, 0) is 16.6 Å². The Hall–Kier alpha value is -1.94. The van der Waals surface area contributed by atoms with Gasteiger partial charge in [0.15, 0.2) is 5.69 Å². The zero-order valence-corrected chi connectivity index (χ0v) is 11.8. The second-order valence-electron chi connectivity index (χ2n) is 3.88. The van der Waals surface area contributed by atoms with Crippen molar-refractivity contribution < 1.29 is 8.42 Å². The number of hydrogen-bond donors (Lipinski definition) is 1. The van der Waals surface area contributed by atoms with E-state index in [2.05, 4.69) is 9.71 Å². The van der Waals surface area contributed by atoms with Crippen molar-refractivity contribution in [2.45, 2.75) is 11.4 Å². The summed E-state index contributed by atoms with van der Waals surface area (Å²) < 4.78 is 26.7. The third kappa shape index (κ3) is 3.14. The number of benzene rings is 1. The van der Waals surface area contributed by atoms with E-state index in [4.69, 9.17) is 16.9 Å². The molecule has 1 heterocycles. The minimum Gasteiger partial charge on any atom is -0.244 e. The molecule has 2 rings (SSSR count). The second-order valence-corrected chi connectivity index (χ2v) is 6.02. The smallest absolute Gasteiger partial charge is 0.243 e. The number of rotatable bonds is 4. The van der Waals surface area contributed by atoms with Gasteiger partial charge in [0, 0.05) is 17.8 Å². The molecule has 5 nitrogen and oxygen atoms in total. The van der Waals surface area contributed by atoms with Crippen LogP contribution in [0.5, 0.6) is 0 Å². The first-order valence-electron chi connectivity index (χ1n) is 5.63. The number of halogens is 1. The van der Waals surface area contributed by atoms with Crippen molar-refractivity contribution in [2.75, 3.05) is 0 Å². The lowest BCUT2D eigenvalue weighted by atomic mass is 10.2. The van der Waals surface area contributed by atoms with Crippen molar-refractivity contribution in [1.82, 2.24) is 9.71 Å². The molecular weight excluding hydrogens is 298 g/mol. The largest absolute Gasteiger partial charge is 0.244 e. The van der Waals surface area contributed by atoms with Crippen LogP contribution in [0, 0.1) is 11.3 Å². The van der Waals surface area contributed by atoms with E-state index >= 15 is 0 Å². The molecule has 1 N–H and O–H groups in total. The number of aromatic nitrogens is 1. The Morgan fingerprint density at radius 1 is 1.25 bits per heavy atom. The van der Waals surface area contributed by atoms with Gasteiger partial charge in [-0.3, -0.25) is 0 Å². The van der Waals surface area contributed by atoms with E-state index in [1.807, 2.05) is 0 Å². The first-order chi connectivity index (χ1) is 9.54. The maximum Gasteiger partial charge on any atom is 0.243 e. The summed E-state index contributed by atoms with van der Waals surface area (Å²) in [5.74, 6) is 0. The Morgan fingerprint density at radius 2 is 2.00 bits per heavy atom. The highest BCUT2D eigenvalue weighted by atomic mass is 35.5. The number of pyridine rings is 1. The van der Waals surface area contributed by atoms with Crippen LogP contribution in [0.4, 0.5) is 0 Å². The van der Waals surface area contributed by atoms with Crippen molar-refractivity contribution >= 4 is 21.6 Å². The predicted octanol–water partition coefficient (Wildman–Crippen LogP) is 2.09. The lowest BCUT2D eigenvalue weighted by Crippen LogP contribution is -2.24. The maximum atomic E-state index is 12.2. The van der Waals surface area contributed by atoms with Crippen LogP contribution < -0.4 is 4.72 Å². The van der Waals surface area contributed by atoms with Crippen molar-refractivity contribution in [3.63, 3.8) is 0 Å². The van der Waals surface area contributed by atoms with E-state index in [9.17, 15) is 8.42 Å². The summed E-state index contributed by atoms with van der Waals surface area (Å²) in [5, 5.41) is 9.36. The molecule has 1 aromatic heterocycles. The Balaban J connectivity index is 2.25. The van der Waals surface area contributed by atoms with Gasteiger partial charge in [0.05, 0.1) is 0 Å². The first kappa shape index (κ1) is 14.5. The van der Waals surface area contributed by atoms with Gasteiger partial charge >= 0.3 is 0 Å². The van der Waals surface area contributed by atoms with Crippen molar-refractivity contribution in [3.05, 3.63) is 58.9 Å². The van der Waals surface area contributed by atoms with Crippen molar-refractivity contribution in [2.24, 2.45) is 0 Å². The number of nitrogens with one attached hydrogen (secondary N) is 1. The fourth-order valence-corrected chi connectivity index (χ4v) is 2.90. The van der Waals surface area contributed by atoms with Crippen molar-refractivity contribution in [1.29, 1.82) is 5.26 Å². The van der Waals surface area contributed by atoms with E-state index in [0.29, 0.717) is 10.6 Å². The molecule has 0 amide bonds. The molecule has 1 aromatic carbocycles. The lowest BCUT2D eigenvalue weighted by Gasteiger charge is -2.08. The highest BCUT2D eigenvalue weighted by Crippen LogP contribution is 2.17. The molecule has 0 aliphatic carbocycles. The van der Waals surface area contributed by atoms with Crippen LogP contribution in [0.3, 0.4) is 0 Å². The summed E-state index contributed by atoms with van der Waals surface area (Å²) in [5.41, 5.74) is 0.513. The average molecular weight is 308 g/mol. The Labute approximate surface area is 121 Å². The highest BCUT2D eigenvalue weighted by molar-refractivity contribution is 7.89. The zero-order valence-electron chi connectivity index (χ0n) is 10.2. The Bertz CT molecular complexity index is 769. The Morgan fingerprint density at radius 3 is 2.70 bits per heavy atom. The van der Waals surface area contributed by atoms with E-state index in [1.54, 1.807) is 30.3 Å². The van der Waals surface area contributed by atoms with Crippen LogP contribution in [-0.4, -0.2) is 13.4 Å². The van der Waals surface area contributed by atoms with Gasteiger partial charge < -0.3 is 0 Å². The summed E-state index contributed by atoms with van der Waals surface area (Å²) in [6.07, 6.45) is 1.37. The van der Waals surface area contributed by atoms with Crippen LogP contribution in [0.25, 0.3) is 0 Å². The quantitative estimate of drug-likeness (QED) is 0.937. The molecule has 0 radical (unpaired) electrons. The minimum absolute atomic E-state index is 0.0434. The monoisotopic (exact) mass is 307 g/mol. The van der Waals surface area contributed by atoms with Gasteiger partial charge in [-0.1, -0.05) is 29.8 Å². The summed E-state index contributed by atoms with van der Waals surface area (Å²) in [6.45, 7) is 0.0434. The first-order valence-corrected chi connectivity index (χ1v) is 7.49. The van der Waals surface area contributed by atoms with Crippen LogP contribution in [0.15, 0.2) is 47.5 Å². The third-order valence-corrected chi connectivity index (χ3v) is 4.38. The minimum atomic E-state index is -3.81. The molecular formula is C13H10ClN3O2S. The summed E-state index contributed by atoms with van der Waals surface area (Å²) in [6, 6.07) is 11.5. The zero-order chi connectivity index (χ0) is 14.6. The van der Waals surface area contributed by atoms with E-state index < -0.39 is 10.0 Å². The lowest BCUT2D eigenvalue weighted by molar-refractivity contribution is 0.580. The molecule has 102 valence electrons. The average Bonchev–Trinajstić information content (AvgIpc) is 2.46. The van der Waals surface area contributed by atoms with E-state index in [1.165, 1.54) is 18.3 Å². The van der Waals surface area contributed by atoms with Gasteiger partial charge in [-0.05, 0) is 23.8 Å². The van der Waals surface area contributed by atoms with Crippen LogP contribution in [0.1, 0.15) is 11.3 Å².